The van der Waals surface area contributed by atoms with Crippen molar-refractivity contribution in [3.8, 4) is 0 Å². The van der Waals surface area contributed by atoms with E-state index < -0.39 is 6.04 Å². The molecule has 0 saturated heterocycles. The lowest BCUT2D eigenvalue weighted by Gasteiger charge is -2.20. The van der Waals surface area contributed by atoms with Gasteiger partial charge in [0.05, 0.1) is 12.1 Å². The van der Waals surface area contributed by atoms with Crippen LogP contribution in [0.1, 0.15) is 20.3 Å². The number of nitrogens with one attached hydrogen (secondary N) is 1. The summed E-state index contributed by atoms with van der Waals surface area (Å²) in [5.41, 5.74) is 5.46. The Bertz CT molecular complexity index is 196. The number of nitrogens with zero attached hydrogens (tertiary/aromatic N) is 1. The van der Waals surface area contributed by atoms with Crippen LogP contribution < -0.4 is 11.1 Å². The Kier molecular flexibility index (Phi) is 8.15. The first kappa shape index (κ1) is 15.3. The van der Waals surface area contributed by atoms with E-state index in [-0.39, 0.29) is 12.0 Å². The molecule has 3 N–H and O–H groups in total. The summed E-state index contributed by atoms with van der Waals surface area (Å²) >= 11 is 0. The second-order valence-electron chi connectivity index (χ2n) is 4.20. The van der Waals surface area contributed by atoms with Crippen LogP contribution in [0.2, 0.25) is 0 Å². The van der Waals surface area contributed by atoms with Gasteiger partial charge in [-0.1, -0.05) is 0 Å². The smallest absolute Gasteiger partial charge is 0.236 e. The lowest BCUT2D eigenvalue weighted by Crippen LogP contribution is -2.42. The molecule has 0 aliphatic carbocycles. The van der Waals surface area contributed by atoms with E-state index in [1.165, 1.54) is 0 Å². The molecular weight excluding hydrogens is 206 g/mol. The minimum absolute atomic E-state index is 0.0649. The Morgan fingerprint density at radius 3 is 2.56 bits per heavy atom. The Balaban J connectivity index is 3.88. The van der Waals surface area contributed by atoms with Crippen molar-refractivity contribution in [2.45, 2.75) is 32.4 Å². The van der Waals surface area contributed by atoms with Crippen LogP contribution in [-0.2, 0) is 9.53 Å². The van der Waals surface area contributed by atoms with E-state index in [2.05, 4.69) is 10.2 Å². The second-order valence-corrected chi connectivity index (χ2v) is 4.20. The zero-order valence-corrected chi connectivity index (χ0v) is 10.8. The third kappa shape index (κ3) is 7.62. The fourth-order valence-corrected chi connectivity index (χ4v) is 1.26. The van der Waals surface area contributed by atoms with Gasteiger partial charge >= 0.3 is 0 Å². The fraction of sp³-hybridized carbons (Fsp3) is 0.909. The van der Waals surface area contributed by atoms with E-state index in [0.29, 0.717) is 13.2 Å². The summed E-state index contributed by atoms with van der Waals surface area (Å²) in [6.45, 7) is 5.76. The lowest BCUT2D eigenvalue weighted by atomic mass is 10.2. The molecule has 0 saturated carbocycles. The zero-order chi connectivity index (χ0) is 12.6. The van der Waals surface area contributed by atoms with E-state index in [0.717, 1.165) is 13.0 Å². The predicted molar refractivity (Wildman–Crippen MR) is 65.2 cm³/mol. The third-order valence-electron chi connectivity index (χ3n) is 2.22. The predicted octanol–water partition coefficient (Wildman–Crippen LogP) is -0.193. The van der Waals surface area contributed by atoms with Gasteiger partial charge in [-0.25, -0.2) is 0 Å². The maximum Gasteiger partial charge on any atom is 0.236 e. The number of ether oxygens (including phenoxy) is 1. The number of amides is 1. The lowest BCUT2D eigenvalue weighted by molar-refractivity contribution is -0.122. The van der Waals surface area contributed by atoms with Crippen LogP contribution in [0.15, 0.2) is 0 Å². The summed E-state index contributed by atoms with van der Waals surface area (Å²) in [7, 11) is 4.03. The molecule has 0 aliphatic rings. The van der Waals surface area contributed by atoms with Crippen LogP contribution in [-0.4, -0.2) is 56.7 Å². The minimum Gasteiger partial charge on any atom is -0.377 e. The second kappa shape index (κ2) is 8.50. The molecule has 0 aromatic carbocycles. The molecule has 5 nitrogen and oxygen atoms in total. The van der Waals surface area contributed by atoms with Crippen LogP contribution in [0.3, 0.4) is 0 Å². The molecule has 16 heavy (non-hydrogen) atoms. The SMILES string of the molecule is CCOC(CCN(C)C)CNC(=O)C(C)N. The highest BCUT2D eigenvalue weighted by molar-refractivity contribution is 5.80. The van der Waals surface area contributed by atoms with Crippen LogP contribution in [0, 0.1) is 0 Å². The van der Waals surface area contributed by atoms with Gasteiger partial charge in [-0.05, 0) is 34.4 Å². The summed E-state index contributed by atoms with van der Waals surface area (Å²) in [6.07, 6.45) is 0.968. The molecule has 5 heteroatoms. The molecule has 0 fully saturated rings. The van der Waals surface area contributed by atoms with E-state index in [1.54, 1.807) is 6.92 Å². The van der Waals surface area contributed by atoms with Gasteiger partial charge in [-0.3, -0.25) is 4.79 Å². The van der Waals surface area contributed by atoms with Crippen molar-refractivity contribution in [3.05, 3.63) is 0 Å². The Hall–Kier alpha value is -0.650. The first-order valence-corrected chi connectivity index (χ1v) is 5.77. The summed E-state index contributed by atoms with van der Waals surface area (Å²) < 4.78 is 5.54. The van der Waals surface area contributed by atoms with Gasteiger partial charge in [-0.2, -0.15) is 0 Å². The first-order valence-electron chi connectivity index (χ1n) is 5.77. The molecule has 2 atom stereocenters. The van der Waals surface area contributed by atoms with Crippen LogP contribution in [0.5, 0.6) is 0 Å². The minimum atomic E-state index is -0.462. The molecule has 96 valence electrons. The van der Waals surface area contributed by atoms with Crippen molar-refractivity contribution in [1.82, 2.24) is 10.2 Å². The van der Waals surface area contributed by atoms with E-state index in [4.69, 9.17) is 10.5 Å². The van der Waals surface area contributed by atoms with Gasteiger partial charge in [-0.15, -0.1) is 0 Å². The monoisotopic (exact) mass is 231 g/mol. The van der Waals surface area contributed by atoms with Crippen LogP contribution in [0.4, 0.5) is 0 Å². The number of hydrogen-bond acceptors (Lipinski definition) is 4. The average molecular weight is 231 g/mol. The number of nitrogens with two attached hydrogens (primary N) is 1. The quantitative estimate of drug-likeness (QED) is 0.607. The Morgan fingerprint density at radius 2 is 2.12 bits per heavy atom. The summed E-state index contributed by atoms with van der Waals surface area (Å²) in [4.78, 5) is 13.4. The van der Waals surface area contributed by atoms with Gasteiger partial charge in [0, 0.05) is 19.7 Å². The molecule has 0 heterocycles. The number of carbonyl (C=O) groups is 1. The first-order chi connectivity index (χ1) is 7.47. The Labute approximate surface area is 98.3 Å². The van der Waals surface area contributed by atoms with Crippen molar-refractivity contribution in [2.24, 2.45) is 5.73 Å². The molecule has 0 aromatic heterocycles. The maximum atomic E-state index is 11.3. The Morgan fingerprint density at radius 1 is 1.50 bits per heavy atom. The van der Waals surface area contributed by atoms with Gasteiger partial charge in [0.2, 0.25) is 5.91 Å². The van der Waals surface area contributed by atoms with E-state index in [1.807, 2.05) is 21.0 Å². The zero-order valence-electron chi connectivity index (χ0n) is 10.8. The molecule has 0 spiro atoms. The van der Waals surface area contributed by atoms with E-state index >= 15 is 0 Å². The number of carbonyl (C=O) groups excluding carboxylic acids is 1. The number of rotatable bonds is 8. The van der Waals surface area contributed by atoms with Crippen molar-refractivity contribution < 1.29 is 9.53 Å². The summed E-state index contributed by atoms with van der Waals surface area (Å²) in [6, 6.07) is -0.462. The molecule has 1 amide bonds. The highest BCUT2D eigenvalue weighted by Crippen LogP contribution is 1.98. The van der Waals surface area contributed by atoms with Crippen molar-refractivity contribution in [2.75, 3.05) is 33.8 Å². The van der Waals surface area contributed by atoms with Crippen molar-refractivity contribution in [3.63, 3.8) is 0 Å². The fourth-order valence-electron chi connectivity index (χ4n) is 1.26. The highest BCUT2D eigenvalue weighted by atomic mass is 16.5. The normalized spacial score (nSPS) is 14.9. The van der Waals surface area contributed by atoms with Crippen molar-refractivity contribution >= 4 is 5.91 Å². The van der Waals surface area contributed by atoms with E-state index in [9.17, 15) is 4.79 Å². The van der Waals surface area contributed by atoms with Gasteiger partial charge in [0.25, 0.3) is 0 Å². The molecule has 0 aromatic rings. The standard InChI is InChI=1S/C11H25N3O2/c1-5-16-10(6-7-14(3)4)8-13-11(15)9(2)12/h9-10H,5-8,12H2,1-4H3,(H,13,15). The molecule has 0 bridgehead atoms. The van der Waals surface area contributed by atoms with Crippen LogP contribution in [0.25, 0.3) is 0 Å². The molecule has 0 aliphatic heterocycles. The molecular formula is C11H25N3O2. The van der Waals surface area contributed by atoms with Gasteiger partial charge in [0.15, 0.2) is 0 Å². The molecule has 0 radical (unpaired) electrons. The van der Waals surface area contributed by atoms with Crippen LogP contribution >= 0.6 is 0 Å². The van der Waals surface area contributed by atoms with Gasteiger partial charge in [0.1, 0.15) is 0 Å². The number of hydrogen-bond donors (Lipinski definition) is 2. The molecule has 2 unspecified atom stereocenters. The van der Waals surface area contributed by atoms with Gasteiger partial charge < -0.3 is 20.7 Å². The summed E-state index contributed by atoms with van der Waals surface area (Å²) in [5, 5.41) is 2.78. The third-order valence-corrected chi connectivity index (χ3v) is 2.22. The largest absolute Gasteiger partial charge is 0.377 e. The van der Waals surface area contributed by atoms with Crippen molar-refractivity contribution in [1.29, 1.82) is 0 Å². The molecule has 0 rings (SSSR count). The highest BCUT2D eigenvalue weighted by Gasteiger charge is 2.12. The topological polar surface area (TPSA) is 67.6 Å². The summed E-state index contributed by atoms with van der Waals surface area (Å²) in [5.74, 6) is -0.130. The average Bonchev–Trinajstić information content (AvgIpc) is 2.21. The maximum absolute atomic E-state index is 11.3.